The number of nitrogens with zero attached hydrogens (tertiary/aromatic N) is 2. The van der Waals surface area contributed by atoms with Crippen molar-refractivity contribution in [1.29, 1.82) is 0 Å². The zero-order valence-electron chi connectivity index (χ0n) is 11.3. The molecule has 1 aromatic rings. The molecule has 3 aliphatic rings. The molecule has 0 atom stereocenters. The van der Waals surface area contributed by atoms with Gasteiger partial charge in [-0.2, -0.15) is 0 Å². The third-order valence-electron chi connectivity index (χ3n) is 4.89. The molecule has 3 heteroatoms. The SMILES string of the molecule is O=C(C1CCC1)N1CCN2CCCc3cccc1c32. The van der Waals surface area contributed by atoms with Crippen molar-refractivity contribution in [2.45, 2.75) is 32.1 Å². The predicted octanol–water partition coefficient (Wildman–Crippen LogP) is 2.59. The number of aryl methyl sites for hydroxylation is 1. The molecular formula is C16H20N2O. The molecule has 3 nitrogen and oxygen atoms in total. The van der Waals surface area contributed by atoms with Crippen LogP contribution in [0.2, 0.25) is 0 Å². The first-order chi connectivity index (χ1) is 9.34. The third-order valence-corrected chi connectivity index (χ3v) is 4.89. The molecular weight excluding hydrogens is 236 g/mol. The summed E-state index contributed by atoms with van der Waals surface area (Å²) < 4.78 is 0. The highest BCUT2D eigenvalue weighted by Gasteiger charge is 2.35. The van der Waals surface area contributed by atoms with Gasteiger partial charge in [0.2, 0.25) is 5.91 Å². The van der Waals surface area contributed by atoms with Gasteiger partial charge in [-0.05, 0) is 37.3 Å². The number of carbonyl (C=O) groups excluding carboxylic acids is 1. The lowest BCUT2D eigenvalue weighted by Crippen LogP contribution is -2.48. The minimum Gasteiger partial charge on any atom is -0.368 e. The molecule has 1 aromatic carbocycles. The Morgan fingerprint density at radius 1 is 1.11 bits per heavy atom. The highest BCUT2D eigenvalue weighted by Crippen LogP contribution is 2.41. The van der Waals surface area contributed by atoms with Crippen molar-refractivity contribution < 1.29 is 4.79 Å². The standard InChI is InChI=1S/C16H20N2O/c19-16(13-5-1-6-13)18-11-10-17-9-3-7-12-4-2-8-14(18)15(12)17/h2,4,8,13H,1,3,5-7,9-11H2. The van der Waals surface area contributed by atoms with Crippen LogP contribution in [0.5, 0.6) is 0 Å². The van der Waals surface area contributed by atoms with Crippen molar-refractivity contribution in [3.05, 3.63) is 23.8 Å². The Balaban J connectivity index is 1.74. The van der Waals surface area contributed by atoms with Crippen molar-refractivity contribution in [1.82, 2.24) is 0 Å². The van der Waals surface area contributed by atoms with Gasteiger partial charge in [0.05, 0.1) is 11.4 Å². The van der Waals surface area contributed by atoms with Crippen LogP contribution in [0.1, 0.15) is 31.2 Å². The van der Waals surface area contributed by atoms with E-state index in [2.05, 4.69) is 28.0 Å². The average Bonchev–Trinajstić information content (AvgIpc) is 2.38. The van der Waals surface area contributed by atoms with Crippen LogP contribution in [0, 0.1) is 5.92 Å². The number of benzene rings is 1. The van der Waals surface area contributed by atoms with Gasteiger partial charge in [-0.15, -0.1) is 0 Å². The summed E-state index contributed by atoms with van der Waals surface area (Å²) in [7, 11) is 0. The Bertz CT molecular complexity index is 521. The van der Waals surface area contributed by atoms with E-state index in [-0.39, 0.29) is 0 Å². The fourth-order valence-electron chi connectivity index (χ4n) is 3.60. The molecule has 100 valence electrons. The van der Waals surface area contributed by atoms with E-state index in [9.17, 15) is 4.79 Å². The second-order valence-electron chi connectivity index (χ2n) is 5.99. The molecule has 4 rings (SSSR count). The number of amides is 1. The van der Waals surface area contributed by atoms with Crippen molar-refractivity contribution >= 4 is 17.3 Å². The summed E-state index contributed by atoms with van der Waals surface area (Å²) in [4.78, 5) is 17.1. The largest absolute Gasteiger partial charge is 0.368 e. The van der Waals surface area contributed by atoms with E-state index in [1.807, 2.05) is 0 Å². The Morgan fingerprint density at radius 3 is 2.79 bits per heavy atom. The van der Waals surface area contributed by atoms with E-state index in [0.29, 0.717) is 11.8 Å². The van der Waals surface area contributed by atoms with Crippen molar-refractivity contribution in [3.8, 4) is 0 Å². The monoisotopic (exact) mass is 256 g/mol. The van der Waals surface area contributed by atoms with Crippen LogP contribution in [-0.4, -0.2) is 25.5 Å². The summed E-state index contributed by atoms with van der Waals surface area (Å²) in [6, 6.07) is 6.47. The van der Waals surface area contributed by atoms with Crippen molar-refractivity contribution in [2.24, 2.45) is 5.92 Å². The maximum Gasteiger partial charge on any atom is 0.230 e. The van der Waals surface area contributed by atoms with Crippen LogP contribution in [0.25, 0.3) is 0 Å². The lowest BCUT2D eigenvalue weighted by molar-refractivity contribution is -0.124. The molecule has 0 unspecified atom stereocenters. The van der Waals surface area contributed by atoms with Gasteiger partial charge in [-0.1, -0.05) is 18.6 Å². The summed E-state index contributed by atoms with van der Waals surface area (Å²) in [5.74, 6) is 0.663. The lowest BCUT2D eigenvalue weighted by Gasteiger charge is -2.43. The summed E-state index contributed by atoms with van der Waals surface area (Å²) in [5, 5.41) is 0. The van der Waals surface area contributed by atoms with Crippen LogP contribution < -0.4 is 9.80 Å². The molecule has 0 radical (unpaired) electrons. The number of para-hydroxylation sites is 1. The van der Waals surface area contributed by atoms with Gasteiger partial charge in [0, 0.05) is 25.6 Å². The highest BCUT2D eigenvalue weighted by molar-refractivity contribution is 6.00. The Hall–Kier alpha value is -1.51. The Kier molecular flexibility index (Phi) is 2.54. The lowest BCUT2D eigenvalue weighted by atomic mass is 9.84. The summed E-state index contributed by atoms with van der Waals surface area (Å²) >= 11 is 0. The topological polar surface area (TPSA) is 23.6 Å². The van der Waals surface area contributed by atoms with Gasteiger partial charge in [-0.3, -0.25) is 4.79 Å². The van der Waals surface area contributed by atoms with Gasteiger partial charge < -0.3 is 9.80 Å². The molecule has 19 heavy (non-hydrogen) atoms. The number of anilines is 2. The Morgan fingerprint density at radius 2 is 2.00 bits per heavy atom. The highest BCUT2D eigenvalue weighted by atomic mass is 16.2. The van der Waals surface area contributed by atoms with E-state index in [1.165, 1.54) is 29.8 Å². The Labute approximate surface area is 114 Å². The van der Waals surface area contributed by atoms with Gasteiger partial charge >= 0.3 is 0 Å². The fraction of sp³-hybridized carbons (Fsp3) is 0.562. The molecule has 0 N–H and O–H groups in total. The van der Waals surface area contributed by atoms with E-state index in [0.717, 1.165) is 38.9 Å². The van der Waals surface area contributed by atoms with Crippen LogP contribution >= 0.6 is 0 Å². The summed E-state index contributed by atoms with van der Waals surface area (Å²) in [6.45, 7) is 3.02. The molecule has 1 aliphatic carbocycles. The maximum atomic E-state index is 12.6. The smallest absolute Gasteiger partial charge is 0.230 e. The molecule has 0 aromatic heterocycles. The molecule has 1 fully saturated rings. The molecule has 2 heterocycles. The van der Waals surface area contributed by atoms with Crippen molar-refractivity contribution in [2.75, 3.05) is 29.4 Å². The molecule has 1 saturated carbocycles. The first kappa shape index (κ1) is 11.3. The summed E-state index contributed by atoms with van der Waals surface area (Å²) in [5.41, 5.74) is 3.93. The van der Waals surface area contributed by atoms with Gasteiger partial charge in [0.1, 0.15) is 0 Å². The molecule has 1 amide bonds. The van der Waals surface area contributed by atoms with Gasteiger partial charge in [0.15, 0.2) is 0 Å². The van der Waals surface area contributed by atoms with E-state index < -0.39 is 0 Å². The molecule has 0 saturated heterocycles. The van der Waals surface area contributed by atoms with Crippen LogP contribution in [-0.2, 0) is 11.2 Å². The van der Waals surface area contributed by atoms with E-state index in [1.54, 1.807) is 0 Å². The normalized spacial score (nSPS) is 21.9. The fourth-order valence-corrected chi connectivity index (χ4v) is 3.60. The predicted molar refractivity (Wildman–Crippen MR) is 76.7 cm³/mol. The number of carbonyl (C=O) groups is 1. The quantitative estimate of drug-likeness (QED) is 0.771. The number of rotatable bonds is 1. The first-order valence-electron chi connectivity index (χ1n) is 7.53. The van der Waals surface area contributed by atoms with Crippen LogP contribution in [0.15, 0.2) is 18.2 Å². The zero-order chi connectivity index (χ0) is 12.8. The maximum absolute atomic E-state index is 12.6. The van der Waals surface area contributed by atoms with Gasteiger partial charge in [0.25, 0.3) is 0 Å². The summed E-state index contributed by atoms with van der Waals surface area (Å²) in [6.07, 6.45) is 5.81. The van der Waals surface area contributed by atoms with Crippen LogP contribution in [0.4, 0.5) is 11.4 Å². The second-order valence-corrected chi connectivity index (χ2v) is 5.99. The van der Waals surface area contributed by atoms with E-state index in [4.69, 9.17) is 0 Å². The van der Waals surface area contributed by atoms with E-state index >= 15 is 0 Å². The number of hydrogen-bond donors (Lipinski definition) is 0. The average molecular weight is 256 g/mol. The third kappa shape index (κ3) is 1.67. The molecule has 2 aliphatic heterocycles. The first-order valence-corrected chi connectivity index (χ1v) is 7.53. The number of hydrogen-bond acceptors (Lipinski definition) is 2. The minimum absolute atomic E-state index is 0.297. The molecule has 0 spiro atoms. The van der Waals surface area contributed by atoms with Gasteiger partial charge in [-0.25, -0.2) is 0 Å². The van der Waals surface area contributed by atoms with Crippen molar-refractivity contribution in [3.63, 3.8) is 0 Å². The van der Waals surface area contributed by atoms with Crippen LogP contribution in [0.3, 0.4) is 0 Å². The minimum atomic E-state index is 0.297. The molecule has 0 bridgehead atoms. The second kappa shape index (κ2) is 4.26. The zero-order valence-corrected chi connectivity index (χ0v) is 11.3.